The third-order valence-corrected chi connectivity index (χ3v) is 4.01. The van der Waals surface area contributed by atoms with E-state index in [0.29, 0.717) is 5.56 Å². The maximum absolute atomic E-state index is 12.4. The van der Waals surface area contributed by atoms with Gasteiger partial charge in [0.1, 0.15) is 0 Å². The zero-order chi connectivity index (χ0) is 14.7. The second-order valence-electron chi connectivity index (χ2n) is 5.37. The molecule has 3 heteroatoms. The molecule has 1 amide bonds. The van der Waals surface area contributed by atoms with Crippen LogP contribution in [0.5, 0.6) is 0 Å². The van der Waals surface area contributed by atoms with E-state index in [0.717, 1.165) is 31.6 Å². The Morgan fingerprint density at radius 1 is 1.19 bits per heavy atom. The molecular weight excluding hydrogens is 260 g/mol. The summed E-state index contributed by atoms with van der Waals surface area (Å²) in [5.41, 5.74) is 5.43. The fourth-order valence-electron chi connectivity index (χ4n) is 2.74. The van der Waals surface area contributed by atoms with Gasteiger partial charge in [-0.25, -0.2) is 0 Å². The van der Waals surface area contributed by atoms with E-state index in [2.05, 4.69) is 23.6 Å². The van der Waals surface area contributed by atoms with Crippen LogP contribution in [-0.2, 0) is 19.4 Å². The Morgan fingerprint density at radius 3 is 2.76 bits per heavy atom. The van der Waals surface area contributed by atoms with Crippen LogP contribution in [-0.4, -0.2) is 12.5 Å². The van der Waals surface area contributed by atoms with Crippen LogP contribution in [0, 0.1) is 0 Å². The number of amides is 1. The van der Waals surface area contributed by atoms with Gasteiger partial charge < -0.3 is 10.6 Å². The van der Waals surface area contributed by atoms with E-state index in [1.54, 1.807) is 0 Å². The van der Waals surface area contributed by atoms with Crippen LogP contribution in [0.1, 0.15) is 34.0 Å². The molecule has 0 atom stereocenters. The number of benzene rings is 2. The van der Waals surface area contributed by atoms with Crippen LogP contribution in [0.4, 0.5) is 5.69 Å². The second-order valence-corrected chi connectivity index (χ2v) is 5.37. The van der Waals surface area contributed by atoms with E-state index in [9.17, 15) is 4.79 Å². The van der Waals surface area contributed by atoms with Crippen molar-refractivity contribution in [2.24, 2.45) is 0 Å². The summed E-state index contributed by atoms with van der Waals surface area (Å²) in [7, 11) is 0. The van der Waals surface area contributed by atoms with E-state index < -0.39 is 0 Å². The quantitative estimate of drug-likeness (QED) is 0.907. The molecule has 2 N–H and O–H groups in total. The zero-order valence-corrected chi connectivity index (χ0v) is 12.3. The minimum Gasteiger partial charge on any atom is -0.322 e. The highest BCUT2D eigenvalue weighted by Gasteiger charge is 2.14. The van der Waals surface area contributed by atoms with Crippen molar-refractivity contribution in [2.75, 3.05) is 11.9 Å². The number of fused-ring (bicyclic) bond motifs is 1. The van der Waals surface area contributed by atoms with Crippen LogP contribution in [0.15, 0.2) is 42.5 Å². The first kappa shape index (κ1) is 13.8. The number of hydrogen-bond donors (Lipinski definition) is 2. The van der Waals surface area contributed by atoms with Gasteiger partial charge in [-0.3, -0.25) is 4.79 Å². The summed E-state index contributed by atoms with van der Waals surface area (Å²) in [6, 6.07) is 13.9. The molecule has 0 bridgehead atoms. The molecule has 0 fully saturated rings. The normalized spacial score (nSPS) is 13.6. The van der Waals surface area contributed by atoms with Gasteiger partial charge in [0.25, 0.3) is 5.91 Å². The Balaban J connectivity index is 1.81. The number of anilines is 1. The number of nitrogens with one attached hydrogen (secondary N) is 2. The molecule has 0 radical (unpaired) electrons. The molecule has 21 heavy (non-hydrogen) atoms. The van der Waals surface area contributed by atoms with Crippen molar-refractivity contribution < 1.29 is 4.79 Å². The third-order valence-electron chi connectivity index (χ3n) is 4.01. The molecule has 0 saturated heterocycles. The molecule has 2 aromatic rings. The second kappa shape index (κ2) is 6.10. The Labute approximate surface area is 125 Å². The first-order valence-electron chi connectivity index (χ1n) is 7.49. The molecule has 0 unspecified atom stereocenters. The van der Waals surface area contributed by atoms with Gasteiger partial charge in [0.2, 0.25) is 0 Å². The van der Waals surface area contributed by atoms with E-state index in [4.69, 9.17) is 0 Å². The average molecular weight is 280 g/mol. The predicted octanol–water partition coefficient (Wildman–Crippen LogP) is 3.15. The Kier molecular flexibility index (Phi) is 4.02. The fraction of sp³-hybridized carbons (Fsp3) is 0.278. The van der Waals surface area contributed by atoms with E-state index in [1.165, 1.54) is 16.7 Å². The summed E-state index contributed by atoms with van der Waals surface area (Å²) >= 11 is 0. The molecule has 108 valence electrons. The number of aryl methyl sites for hydroxylation is 1. The van der Waals surface area contributed by atoms with Crippen LogP contribution < -0.4 is 10.6 Å². The highest BCUT2D eigenvalue weighted by atomic mass is 16.1. The van der Waals surface area contributed by atoms with Gasteiger partial charge in [0, 0.05) is 17.8 Å². The Hall–Kier alpha value is -2.13. The van der Waals surface area contributed by atoms with Gasteiger partial charge in [-0.05, 0) is 54.3 Å². The molecule has 3 rings (SSSR count). The lowest BCUT2D eigenvalue weighted by atomic mass is 9.99. The lowest BCUT2D eigenvalue weighted by Gasteiger charge is -2.20. The molecule has 0 spiro atoms. The highest BCUT2D eigenvalue weighted by molar-refractivity contribution is 6.04. The smallest absolute Gasteiger partial charge is 0.255 e. The first-order valence-corrected chi connectivity index (χ1v) is 7.49. The van der Waals surface area contributed by atoms with Gasteiger partial charge in [0.05, 0.1) is 0 Å². The van der Waals surface area contributed by atoms with Crippen molar-refractivity contribution in [3.63, 3.8) is 0 Å². The van der Waals surface area contributed by atoms with E-state index in [1.807, 2.05) is 36.4 Å². The van der Waals surface area contributed by atoms with Crippen molar-refractivity contribution in [3.05, 3.63) is 64.7 Å². The maximum atomic E-state index is 12.4. The standard InChI is InChI=1S/C18H20N2O/c1-2-13-6-8-14(9-7-13)18(21)20-17-5-3-4-15-12-19-11-10-16(15)17/h3-9,19H,2,10-12H2,1H3,(H,20,21). The monoisotopic (exact) mass is 280 g/mol. The van der Waals surface area contributed by atoms with Crippen LogP contribution in [0.25, 0.3) is 0 Å². The summed E-state index contributed by atoms with van der Waals surface area (Å²) in [4.78, 5) is 12.4. The molecule has 1 aliphatic heterocycles. The summed E-state index contributed by atoms with van der Waals surface area (Å²) in [6.45, 7) is 3.95. The molecule has 0 aromatic heterocycles. The number of carbonyl (C=O) groups excluding carboxylic acids is 1. The molecular formula is C18H20N2O. The lowest BCUT2D eigenvalue weighted by Crippen LogP contribution is -2.25. The first-order chi connectivity index (χ1) is 10.3. The zero-order valence-electron chi connectivity index (χ0n) is 12.3. The van der Waals surface area contributed by atoms with Crippen LogP contribution >= 0.6 is 0 Å². The van der Waals surface area contributed by atoms with Gasteiger partial charge in [-0.15, -0.1) is 0 Å². The van der Waals surface area contributed by atoms with Gasteiger partial charge >= 0.3 is 0 Å². The van der Waals surface area contributed by atoms with Crippen LogP contribution in [0.3, 0.4) is 0 Å². The average Bonchev–Trinajstić information content (AvgIpc) is 2.55. The Morgan fingerprint density at radius 2 is 2.00 bits per heavy atom. The van der Waals surface area contributed by atoms with Crippen LogP contribution in [0.2, 0.25) is 0 Å². The topological polar surface area (TPSA) is 41.1 Å². The molecule has 1 heterocycles. The number of hydrogen-bond acceptors (Lipinski definition) is 2. The SMILES string of the molecule is CCc1ccc(C(=O)Nc2cccc3c2CCNC3)cc1. The van der Waals surface area contributed by atoms with Crippen molar-refractivity contribution in [2.45, 2.75) is 26.3 Å². The minimum absolute atomic E-state index is 0.0374. The molecule has 1 aliphatic rings. The van der Waals surface area contributed by atoms with E-state index >= 15 is 0 Å². The van der Waals surface area contributed by atoms with Crippen molar-refractivity contribution >= 4 is 11.6 Å². The Bertz CT molecular complexity index is 647. The highest BCUT2D eigenvalue weighted by Crippen LogP contribution is 2.23. The largest absolute Gasteiger partial charge is 0.322 e. The van der Waals surface area contributed by atoms with Crippen molar-refractivity contribution in [3.8, 4) is 0 Å². The van der Waals surface area contributed by atoms with Gasteiger partial charge in [0.15, 0.2) is 0 Å². The summed E-state index contributed by atoms with van der Waals surface area (Å²) in [5.74, 6) is -0.0374. The minimum atomic E-state index is -0.0374. The molecule has 3 nitrogen and oxygen atoms in total. The van der Waals surface area contributed by atoms with Crippen molar-refractivity contribution in [1.82, 2.24) is 5.32 Å². The predicted molar refractivity (Wildman–Crippen MR) is 85.6 cm³/mol. The van der Waals surface area contributed by atoms with Gasteiger partial charge in [-0.2, -0.15) is 0 Å². The van der Waals surface area contributed by atoms with E-state index in [-0.39, 0.29) is 5.91 Å². The molecule has 2 aromatic carbocycles. The lowest BCUT2D eigenvalue weighted by molar-refractivity contribution is 0.102. The summed E-state index contributed by atoms with van der Waals surface area (Å²) < 4.78 is 0. The summed E-state index contributed by atoms with van der Waals surface area (Å²) in [6.07, 6.45) is 1.95. The van der Waals surface area contributed by atoms with Crippen molar-refractivity contribution in [1.29, 1.82) is 0 Å². The molecule has 0 aliphatic carbocycles. The van der Waals surface area contributed by atoms with Gasteiger partial charge in [-0.1, -0.05) is 31.2 Å². The number of carbonyl (C=O) groups is 1. The third kappa shape index (κ3) is 2.98. The number of rotatable bonds is 3. The fourth-order valence-corrected chi connectivity index (χ4v) is 2.74. The summed E-state index contributed by atoms with van der Waals surface area (Å²) in [5, 5.41) is 6.41. The molecule has 0 saturated carbocycles. The maximum Gasteiger partial charge on any atom is 0.255 e.